The zero-order valence-corrected chi connectivity index (χ0v) is 97.4. The Kier molecular flexibility index (Phi) is 55.0. The molecule has 8 aliphatic heterocycles. The number of hydrogen-bond acceptors (Lipinski definition) is 9. The number of carbonyl (C=O) groups is 9. The first kappa shape index (κ1) is 121. The largest absolute Gasteiger partial charge is 0.295 e. The highest BCUT2D eigenvalue weighted by molar-refractivity contribution is 8.00. The number of carbonyl (C=O) groups excluding carboxylic acids is 9. The number of Topliss-reactive ketones (excluding diaryl/α,β-unsaturated/α-hetero) is 7. The summed E-state index contributed by atoms with van der Waals surface area (Å²) in [5.74, 6) is 31.2. The topological polar surface area (TPSA) is 154 Å². The first-order chi connectivity index (χ1) is 65.1. The molecule has 4 aliphatic carbocycles. The van der Waals surface area contributed by atoms with Crippen LogP contribution in [0.2, 0.25) is 0 Å². The lowest BCUT2D eigenvalue weighted by molar-refractivity contribution is -0.124. The number of benzene rings is 3. The van der Waals surface area contributed by atoms with E-state index in [1.807, 2.05) is 120 Å². The fourth-order valence-electron chi connectivity index (χ4n) is 20.8. The van der Waals surface area contributed by atoms with Gasteiger partial charge in [0.25, 0.3) is 0 Å². The van der Waals surface area contributed by atoms with Gasteiger partial charge in [-0.3, -0.25) is 43.2 Å². The summed E-state index contributed by atoms with van der Waals surface area (Å²) in [6.07, 6.45) is 50.1. The van der Waals surface area contributed by atoms with Crippen LogP contribution in [-0.2, 0) is 127 Å². The lowest BCUT2D eigenvalue weighted by Crippen LogP contribution is -2.48. The number of unbranched alkanes of at least 4 members (excludes halogenated alkanes) is 2. The van der Waals surface area contributed by atoms with E-state index >= 15 is 0 Å². The van der Waals surface area contributed by atoms with Crippen LogP contribution in [0.25, 0.3) is 0 Å². The van der Waals surface area contributed by atoms with Crippen molar-refractivity contribution in [3.8, 4) is 0 Å². The lowest BCUT2D eigenvalue weighted by atomic mass is 9.77. The Bertz CT molecular complexity index is 4170. The Morgan fingerprint density at radius 2 is 0.956 bits per heavy atom. The SMILES string of the molecule is CC(C)(C)C(=O)C[S+]1CCCC1.CC(C)C(=O)C(C)(C)[S+]1CCCC1.CC1(C)CC(=O)C=C(C[S+]2CCCC2)C1.CCC(=O)C[S+]1CCCC1.CCCC[S+](CCCC)C(C(=O)c1ccc(C)cc1)C(C)(C)C.Cc1ccc(C(=O)C([S+]2CCCC2)C(C)(C)C)cc1.O=C(C[S+]1CCCC1)C1=CCCCC1.O=C(c1ccccc1)C1([S+]2CCCC2)CCCCC1.O=C1C=CCCC1[S+]1CCCC1. The van der Waals surface area contributed by atoms with Crippen LogP contribution in [0.4, 0.5) is 0 Å². The van der Waals surface area contributed by atoms with Gasteiger partial charge in [0.1, 0.15) is 109 Å². The number of hydrogen-bond donors (Lipinski definition) is 0. The molecule has 9 fully saturated rings. The third-order valence-corrected chi connectivity index (χ3v) is 54.3. The zero-order valence-electron chi connectivity index (χ0n) is 90.1. The summed E-state index contributed by atoms with van der Waals surface area (Å²) in [4.78, 5) is 109. The van der Waals surface area contributed by atoms with Gasteiger partial charge in [0, 0.05) is 92.7 Å². The van der Waals surface area contributed by atoms with Crippen molar-refractivity contribution in [1.82, 2.24) is 0 Å². The predicted molar refractivity (Wildman–Crippen MR) is 620 cm³/mol. The summed E-state index contributed by atoms with van der Waals surface area (Å²) in [6.45, 7) is 42.8. The minimum absolute atomic E-state index is 0.0100. The first-order valence-corrected chi connectivity index (χ1v) is 69.0. The molecule has 3 atom stereocenters. The van der Waals surface area contributed by atoms with E-state index in [-0.39, 0.29) is 69.4 Å². The Labute approximate surface area is 864 Å². The van der Waals surface area contributed by atoms with Gasteiger partial charge in [-0.2, -0.15) is 0 Å². The van der Waals surface area contributed by atoms with Gasteiger partial charge in [-0.1, -0.05) is 232 Å². The molecule has 8 saturated heterocycles. The van der Waals surface area contributed by atoms with Gasteiger partial charge >= 0.3 is 0 Å². The van der Waals surface area contributed by atoms with Crippen molar-refractivity contribution >= 4 is 150 Å². The summed E-state index contributed by atoms with van der Waals surface area (Å²) in [7, 11) is 3.62. The highest BCUT2D eigenvalue weighted by atomic mass is 32.2. The second kappa shape index (κ2) is 62.3. The molecule has 8 heterocycles. The Morgan fingerprint density at radius 1 is 0.482 bits per heavy atom. The van der Waals surface area contributed by atoms with Crippen molar-refractivity contribution in [2.24, 2.45) is 27.6 Å². The molecule has 1 saturated carbocycles. The van der Waals surface area contributed by atoms with Crippen LogP contribution in [0.1, 0.15) is 385 Å². The molecule has 3 aromatic carbocycles. The van der Waals surface area contributed by atoms with Crippen molar-refractivity contribution < 1.29 is 43.2 Å². The maximum Gasteiger partial charge on any atom is 0.217 e. The van der Waals surface area contributed by atoms with Crippen LogP contribution in [-0.4, -0.2) is 204 Å². The van der Waals surface area contributed by atoms with Crippen molar-refractivity contribution in [3.63, 3.8) is 0 Å². The van der Waals surface area contributed by atoms with Gasteiger partial charge < -0.3 is 0 Å². The summed E-state index contributed by atoms with van der Waals surface area (Å²) in [5, 5.41) is 0.749. The molecule has 0 spiro atoms. The van der Waals surface area contributed by atoms with Crippen LogP contribution in [0.15, 0.2) is 114 Å². The first-order valence-electron chi connectivity index (χ1n) is 54.1. The quantitative estimate of drug-likeness (QED) is 0.0488. The van der Waals surface area contributed by atoms with Gasteiger partial charge in [0.05, 0.1) is 0 Å². The fourth-order valence-corrected chi connectivity index (χ4v) is 46.0. The van der Waals surface area contributed by atoms with E-state index in [1.54, 1.807) is 6.08 Å². The van der Waals surface area contributed by atoms with Crippen LogP contribution < -0.4 is 0 Å². The molecule has 137 heavy (non-hydrogen) atoms. The molecule has 3 unspecified atom stereocenters. The molecule has 9 nitrogen and oxygen atoms in total. The van der Waals surface area contributed by atoms with Gasteiger partial charge in [-0.15, -0.1) is 0 Å². The van der Waals surface area contributed by atoms with Crippen molar-refractivity contribution in [2.75, 3.05) is 127 Å². The summed E-state index contributed by atoms with van der Waals surface area (Å²) in [6, 6.07) is 26.3. The summed E-state index contributed by atoms with van der Waals surface area (Å²) >= 11 is 0. The van der Waals surface area contributed by atoms with E-state index < -0.39 is 0 Å². The second-order valence-electron chi connectivity index (χ2n) is 45.5. The number of ketones is 9. The van der Waals surface area contributed by atoms with Gasteiger partial charge in [0.2, 0.25) is 28.9 Å². The minimum Gasteiger partial charge on any atom is -0.295 e. The van der Waals surface area contributed by atoms with Crippen molar-refractivity contribution in [3.05, 3.63) is 142 Å². The molecule has 12 aliphatic rings. The highest BCUT2D eigenvalue weighted by Crippen LogP contribution is 2.44. The molecule has 768 valence electrons. The molecule has 18 heteroatoms. The zero-order chi connectivity index (χ0) is 100. The van der Waals surface area contributed by atoms with Crippen LogP contribution in [0.5, 0.6) is 0 Å². The Morgan fingerprint density at radius 3 is 1.42 bits per heavy atom. The van der Waals surface area contributed by atoms with Crippen molar-refractivity contribution in [1.29, 1.82) is 0 Å². The van der Waals surface area contributed by atoms with E-state index in [2.05, 4.69) is 115 Å². The van der Waals surface area contributed by atoms with E-state index in [1.165, 1.54) is 287 Å². The second-order valence-corrected chi connectivity index (χ2v) is 67.4. The predicted octanol–water partition coefficient (Wildman–Crippen LogP) is 26.5. The van der Waals surface area contributed by atoms with Gasteiger partial charge in [-0.25, -0.2) is 0 Å². The summed E-state index contributed by atoms with van der Waals surface area (Å²) in [5.41, 5.74) is 7.92. The number of allylic oxidation sites excluding steroid dienone is 5. The van der Waals surface area contributed by atoms with Gasteiger partial charge in [-0.05, 0) is 300 Å². The summed E-state index contributed by atoms with van der Waals surface area (Å²) < 4.78 is -0.0409. The fraction of sp³-hybridized carbons (Fsp3) is 0.723. The molecular weight excluding hydrogens is 1860 g/mol. The molecular formula is C119H193O9S9+9. The molecule has 15 rings (SSSR count). The Balaban J connectivity index is 0.000000212. The average Bonchev–Trinajstić information content (AvgIpc) is 1.76. The lowest BCUT2D eigenvalue weighted by Gasteiger charge is -2.33. The third-order valence-electron chi connectivity index (χ3n) is 28.7. The smallest absolute Gasteiger partial charge is 0.217 e. The molecule has 3 aromatic rings. The standard InChI is InChI=1S/C21H35OS.C17H23OS.C17H25OS.C13H21OS.C12H19OS.C11H21OS.C10H15OS.C10H19OS.C8H15OS/c1-7-9-15-23(16-10-8-2)20(21(4,5)6)19(22)18-13-11-17(3)12-14-18;18-16(15-9-3-1-4-10-15)17(11-5-2-6-12-17)19-13-7-8-14-19;1-13-7-9-14(10-8-13)15(18)16(17(2,3)4)19-11-5-6-12-19;1-13(2)8-11(7-12(14)9-13)10-15-5-3-4-6-15;13-12(10-14-8-4-5-9-14)11-6-2-1-3-7-11;1-9(2)10(12)11(3,4)13-7-5-6-8-13;11-9-5-1-2-6-10(9)12-7-3-4-8-12;1-10(2,3)9(11)8-12-6-4-5-7-12;1-2-8(9)7-10-5-3-4-6-10/h11-14,20H,7-10,15-16H2,1-6H3;1,3-4,9-10H,2,5-8,11-14H2;7-10,16H,5-6,11-12H2,1-4H3;7H,3-6,8-10H2,1-2H3;6H,1-5,7-10H2;9H,5-8H2,1-4H3;1,5,10H,2-4,6-8H2;4-8H2,1-3H3;2-7H2,1H3/q9*+1. The van der Waals surface area contributed by atoms with Crippen LogP contribution >= 0.6 is 0 Å². The maximum atomic E-state index is 13.3. The Hall–Kier alpha value is -2.94. The molecule has 0 amide bonds. The van der Waals surface area contributed by atoms with Crippen LogP contribution in [0, 0.1) is 41.4 Å². The molecule has 0 aromatic heterocycles. The molecule has 0 radical (unpaired) electrons. The maximum absolute atomic E-state index is 13.3. The van der Waals surface area contributed by atoms with E-state index in [4.69, 9.17) is 0 Å². The minimum atomic E-state index is -0.115. The van der Waals surface area contributed by atoms with Crippen LogP contribution in [0.3, 0.4) is 0 Å². The molecule has 0 bridgehead atoms. The normalized spacial score (nSPS) is 21.2. The average molecular weight is 2060 g/mol. The van der Waals surface area contributed by atoms with Gasteiger partial charge in [0.15, 0.2) is 65.6 Å². The van der Waals surface area contributed by atoms with E-state index in [0.29, 0.717) is 134 Å². The number of rotatable bonds is 29. The monoisotopic (exact) mass is 2050 g/mol. The third kappa shape index (κ3) is 42.4. The number of aryl methyl sites for hydroxylation is 2. The molecule has 0 N–H and O–H groups in total. The van der Waals surface area contributed by atoms with Crippen molar-refractivity contribution in [2.45, 2.75) is 382 Å². The highest BCUT2D eigenvalue weighted by Gasteiger charge is 2.56. The van der Waals surface area contributed by atoms with E-state index in [9.17, 15) is 43.2 Å². The van der Waals surface area contributed by atoms with E-state index in [0.717, 1.165) is 97.3 Å².